The van der Waals surface area contributed by atoms with Crippen molar-refractivity contribution in [1.82, 2.24) is 57.7 Å². The van der Waals surface area contributed by atoms with Gasteiger partial charge < -0.3 is 88.9 Å². The highest BCUT2D eigenvalue weighted by molar-refractivity contribution is 7.80. The number of benzene rings is 2. The first kappa shape index (κ1) is 71.0. The molecule has 2 aromatic carbocycles. The highest BCUT2D eigenvalue weighted by Crippen LogP contribution is 2.27. The third kappa shape index (κ3) is 20.2. The summed E-state index contributed by atoms with van der Waals surface area (Å²) in [6.45, 7) is 4.31. The van der Waals surface area contributed by atoms with Crippen LogP contribution in [0.2, 0.25) is 0 Å². The van der Waals surface area contributed by atoms with Gasteiger partial charge in [-0.15, -0.1) is 0 Å². The van der Waals surface area contributed by atoms with Crippen LogP contribution in [0.1, 0.15) is 89.7 Å². The third-order valence-corrected chi connectivity index (χ3v) is 16.4. The second-order valence-electron chi connectivity index (χ2n) is 22.1. The Morgan fingerprint density at radius 1 is 0.591 bits per heavy atom. The highest BCUT2D eigenvalue weighted by Gasteiger charge is 2.46. The largest absolute Gasteiger partial charge is 0.508 e. The minimum atomic E-state index is -1.76. The van der Waals surface area contributed by atoms with Gasteiger partial charge in [-0.2, -0.15) is 25.3 Å². The number of aromatic hydroxyl groups is 2. The number of hydrogen-bond acceptors (Lipinski definition) is 19. The molecule has 3 fully saturated rings. The molecule has 16 N–H and O–H groups in total. The lowest BCUT2D eigenvalue weighted by molar-refractivity contribution is -0.149. The summed E-state index contributed by atoms with van der Waals surface area (Å²) in [7, 11) is 0. The zero-order chi connectivity index (χ0) is 64.9. The van der Waals surface area contributed by atoms with Crippen molar-refractivity contribution in [2.45, 2.75) is 164 Å². The van der Waals surface area contributed by atoms with E-state index < -0.39 is 162 Å². The molecule has 0 radical (unpaired) electrons. The molecule has 0 saturated carbocycles. The SMILES string of the molecule is CC[C@H](C)[C@H](NC(=O)[C@H](CO)NC(=O)[C@H](Cc1ccc(O)cc1)NC(=O)[C@@H](NC(=O)[C@H](CS)NC(=O)[C@@H]1CCCN1)[C@@H](C)O)C(=O)N1CCC[C@H]1C(=O)N1CCC[C@H]1C(=O)N[C@@H](CCC(N)=O)C(=O)N[C@@H](CS)C(=O)N[C@@H](Cc1ccc(O)cc1)C(=O)O. The van der Waals surface area contributed by atoms with Crippen LogP contribution in [0.3, 0.4) is 0 Å². The predicted molar refractivity (Wildman–Crippen MR) is 322 cm³/mol. The first-order valence-corrected chi connectivity index (χ1v) is 30.4. The van der Waals surface area contributed by atoms with Crippen molar-refractivity contribution in [3.8, 4) is 11.5 Å². The Kier molecular flexibility index (Phi) is 27.5. The molecule has 0 aromatic heterocycles. The summed E-state index contributed by atoms with van der Waals surface area (Å²) in [5, 5.41) is 73.7. The number of phenolic OH excluding ortho intramolecular Hbond substituents is 2. The molecular weight excluding hydrogens is 1190 g/mol. The first-order chi connectivity index (χ1) is 41.8. The Hall–Kier alpha value is -7.74. The molecular formula is C57H82N12O17S2. The number of rotatable bonds is 32. The van der Waals surface area contributed by atoms with Crippen LogP contribution in [0, 0.1) is 5.92 Å². The van der Waals surface area contributed by atoms with E-state index in [9.17, 15) is 83.1 Å². The standard InChI is InChI=1S/C57H82N12O17S2/c1-4-29(2)45(66-50(78)39(26-70)63-49(77)37(24-31-11-15-33(72)16-12-31)61-54(82)46(30(3)71)67-52(80)41(28-88)64-47(75)35-8-5-21-59-35)56(84)69-23-7-10-43(69)55(83)68-22-6-9-42(68)53(81)60-36(19-20-44(58)74)48(76)65-40(27-87)51(79)62-38(57(85)86)25-32-13-17-34(73)18-14-32/h11-18,29-30,35-43,45-46,59,70-73,87-88H,4-10,19-28H2,1-3H3,(H2,58,74)(H,60,81)(H,61,82)(H,62,79)(H,63,77)(H,64,75)(H,65,76)(H,66,78)(H,67,80)(H,85,86)/t29-,30+,35-,36-,37-,38-,39-,40-,41-,42-,43-,45-,46-/m0/s1. The van der Waals surface area contributed by atoms with E-state index in [2.05, 4.69) is 73.1 Å². The van der Waals surface area contributed by atoms with E-state index in [1.165, 1.54) is 65.3 Å². The number of amides is 11. The van der Waals surface area contributed by atoms with Gasteiger partial charge in [0.1, 0.15) is 71.9 Å². The van der Waals surface area contributed by atoms with Gasteiger partial charge in [0.15, 0.2) is 0 Å². The monoisotopic (exact) mass is 1270 g/mol. The fourth-order valence-corrected chi connectivity index (χ4v) is 10.9. The van der Waals surface area contributed by atoms with E-state index in [0.29, 0.717) is 43.4 Å². The predicted octanol–water partition coefficient (Wildman–Crippen LogP) is -3.88. The molecule has 3 saturated heterocycles. The van der Waals surface area contributed by atoms with Gasteiger partial charge >= 0.3 is 5.97 Å². The molecule has 484 valence electrons. The van der Waals surface area contributed by atoms with Crippen LogP contribution in [-0.2, 0) is 70.4 Å². The number of thiol groups is 2. The number of aliphatic hydroxyl groups is 2. The second kappa shape index (κ2) is 34.1. The van der Waals surface area contributed by atoms with Crippen molar-refractivity contribution in [2.75, 3.05) is 37.7 Å². The van der Waals surface area contributed by atoms with Gasteiger partial charge in [-0.25, -0.2) is 4.79 Å². The third-order valence-electron chi connectivity index (χ3n) is 15.6. The van der Waals surface area contributed by atoms with Crippen molar-refractivity contribution < 1.29 is 83.1 Å². The van der Waals surface area contributed by atoms with E-state index in [1.54, 1.807) is 13.8 Å². The van der Waals surface area contributed by atoms with Crippen LogP contribution in [0.5, 0.6) is 11.5 Å². The Labute approximate surface area is 519 Å². The van der Waals surface area contributed by atoms with Gasteiger partial charge in [0.05, 0.1) is 18.8 Å². The van der Waals surface area contributed by atoms with Gasteiger partial charge in [0.2, 0.25) is 65.0 Å². The molecule has 31 heteroatoms. The van der Waals surface area contributed by atoms with E-state index >= 15 is 0 Å². The smallest absolute Gasteiger partial charge is 0.326 e. The van der Waals surface area contributed by atoms with Crippen molar-refractivity contribution >= 4 is 96.2 Å². The fraction of sp³-hybridized carbons (Fsp3) is 0.579. The molecule has 3 heterocycles. The summed E-state index contributed by atoms with van der Waals surface area (Å²) >= 11 is 8.36. The lowest BCUT2D eigenvalue weighted by atomic mass is 9.96. The molecule has 0 spiro atoms. The summed E-state index contributed by atoms with van der Waals surface area (Å²) in [4.78, 5) is 166. The highest BCUT2D eigenvalue weighted by atomic mass is 32.1. The average Bonchev–Trinajstić information content (AvgIpc) is 3.43. The maximum atomic E-state index is 14.7. The van der Waals surface area contributed by atoms with E-state index in [4.69, 9.17) is 5.73 Å². The van der Waals surface area contributed by atoms with Crippen molar-refractivity contribution in [3.05, 3.63) is 59.7 Å². The van der Waals surface area contributed by atoms with Crippen LogP contribution >= 0.6 is 25.3 Å². The zero-order valence-electron chi connectivity index (χ0n) is 49.1. The lowest BCUT2D eigenvalue weighted by Gasteiger charge is -2.35. The van der Waals surface area contributed by atoms with Crippen molar-refractivity contribution in [1.29, 1.82) is 0 Å². The van der Waals surface area contributed by atoms with Crippen LogP contribution in [0.4, 0.5) is 0 Å². The number of primary amides is 1. The molecule has 29 nitrogen and oxygen atoms in total. The number of aliphatic carboxylic acids is 1. The minimum absolute atomic E-state index is 0.0522. The quantitative estimate of drug-likeness (QED) is 0.0312. The second-order valence-corrected chi connectivity index (χ2v) is 22.9. The number of nitrogens with zero attached hydrogens (tertiary/aromatic N) is 2. The molecule has 5 rings (SSSR count). The molecule has 11 amide bonds. The van der Waals surface area contributed by atoms with Crippen molar-refractivity contribution in [3.63, 3.8) is 0 Å². The number of carbonyl (C=O) groups excluding carboxylic acids is 11. The number of nitrogens with one attached hydrogen (secondary N) is 9. The maximum absolute atomic E-state index is 14.7. The molecule has 0 aliphatic carbocycles. The van der Waals surface area contributed by atoms with Gasteiger partial charge in [-0.3, -0.25) is 52.7 Å². The molecule has 2 aromatic rings. The molecule has 88 heavy (non-hydrogen) atoms. The summed E-state index contributed by atoms with van der Waals surface area (Å²) in [5.74, 6) is -12.0. The number of likely N-dealkylation sites (tertiary alicyclic amines) is 2. The summed E-state index contributed by atoms with van der Waals surface area (Å²) in [6.07, 6.45) is -0.247. The molecule has 3 aliphatic rings. The van der Waals surface area contributed by atoms with Crippen LogP contribution in [0.25, 0.3) is 0 Å². The molecule has 0 bridgehead atoms. The Morgan fingerprint density at radius 2 is 1.07 bits per heavy atom. The number of nitrogens with two attached hydrogens (primary N) is 1. The Morgan fingerprint density at radius 3 is 1.60 bits per heavy atom. The topological polar surface area (TPSA) is 447 Å². The average molecular weight is 1270 g/mol. The summed E-state index contributed by atoms with van der Waals surface area (Å²) < 4.78 is 0. The lowest BCUT2D eigenvalue weighted by Crippen LogP contribution is -2.63. The van der Waals surface area contributed by atoms with Crippen LogP contribution in [0.15, 0.2) is 48.5 Å². The number of carboxylic acids is 1. The summed E-state index contributed by atoms with van der Waals surface area (Å²) in [6, 6.07) is -3.70. The summed E-state index contributed by atoms with van der Waals surface area (Å²) in [5.41, 5.74) is 6.27. The number of aliphatic hydroxyl groups excluding tert-OH is 2. The minimum Gasteiger partial charge on any atom is -0.508 e. The molecule has 0 unspecified atom stereocenters. The number of carbonyl (C=O) groups is 12. The van der Waals surface area contributed by atoms with E-state index in [0.717, 1.165) is 6.42 Å². The fourth-order valence-electron chi connectivity index (χ4n) is 10.4. The van der Waals surface area contributed by atoms with Crippen molar-refractivity contribution in [2.24, 2.45) is 11.7 Å². The zero-order valence-corrected chi connectivity index (χ0v) is 50.9. The number of phenols is 2. The van der Waals surface area contributed by atoms with Crippen LogP contribution < -0.4 is 53.6 Å². The Balaban J connectivity index is 1.27. The maximum Gasteiger partial charge on any atom is 0.326 e. The molecule has 13 atom stereocenters. The normalized spacial score (nSPS) is 19.8. The van der Waals surface area contributed by atoms with E-state index in [1.807, 2.05) is 0 Å². The van der Waals surface area contributed by atoms with Crippen LogP contribution in [-0.4, -0.2) is 217 Å². The van der Waals surface area contributed by atoms with Gasteiger partial charge in [-0.1, -0.05) is 44.5 Å². The number of carboxylic acid groups (broad SMARTS) is 1. The van der Waals surface area contributed by atoms with Gasteiger partial charge in [0, 0.05) is 43.9 Å². The first-order valence-electron chi connectivity index (χ1n) is 29.2. The molecule has 3 aliphatic heterocycles. The van der Waals surface area contributed by atoms with E-state index in [-0.39, 0.29) is 68.2 Å². The van der Waals surface area contributed by atoms with Gasteiger partial charge in [0.25, 0.3) is 0 Å². The number of hydrogen-bond donors (Lipinski definition) is 17. The Bertz CT molecular complexity index is 2810. The van der Waals surface area contributed by atoms with Gasteiger partial charge in [-0.05, 0) is 99.7 Å².